The molecule has 1 atom stereocenters. The van der Waals surface area contributed by atoms with E-state index in [9.17, 15) is 14.4 Å². The summed E-state index contributed by atoms with van der Waals surface area (Å²) in [5.41, 5.74) is 0. The van der Waals surface area contributed by atoms with Crippen molar-refractivity contribution in [2.45, 2.75) is 12.8 Å². The van der Waals surface area contributed by atoms with Gasteiger partial charge in [-0.1, -0.05) is 6.07 Å². The van der Waals surface area contributed by atoms with Crippen LogP contribution >= 0.6 is 0 Å². The fourth-order valence-corrected chi connectivity index (χ4v) is 1.83. The summed E-state index contributed by atoms with van der Waals surface area (Å²) in [6.45, 7) is 0. The molecule has 0 aromatic carbocycles. The lowest BCUT2D eigenvalue weighted by molar-refractivity contribution is -0.140. The summed E-state index contributed by atoms with van der Waals surface area (Å²) in [6, 6.07) is 5.19. The smallest absolute Gasteiger partial charge is 0.240 e. The fraction of sp³-hybridized carbons (Fsp3) is 0.333. The maximum absolute atomic E-state index is 12.1. The molecular weight excluding hydrogens is 234 g/mol. The molecule has 0 radical (unpaired) electrons. The number of amides is 3. The normalized spacial score (nSPS) is 19.3. The van der Waals surface area contributed by atoms with Crippen molar-refractivity contribution in [3.8, 4) is 0 Å². The van der Waals surface area contributed by atoms with Gasteiger partial charge in [0.25, 0.3) is 0 Å². The number of hydrogen-bond acceptors (Lipinski definition) is 4. The van der Waals surface area contributed by atoms with Gasteiger partial charge in [0.15, 0.2) is 0 Å². The monoisotopic (exact) mass is 247 g/mol. The minimum absolute atomic E-state index is 0.193. The van der Waals surface area contributed by atoms with Crippen LogP contribution in [0, 0.1) is 5.92 Å². The van der Waals surface area contributed by atoms with Gasteiger partial charge in [-0.15, -0.1) is 0 Å². The fourth-order valence-electron chi connectivity index (χ4n) is 1.83. The molecule has 94 valence electrons. The molecule has 18 heavy (non-hydrogen) atoms. The molecule has 0 bridgehead atoms. The van der Waals surface area contributed by atoms with E-state index in [1.807, 2.05) is 0 Å². The molecule has 6 heteroatoms. The van der Waals surface area contributed by atoms with Gasteiger partial charge in [-0.25, -0.2) is 4.98 Å². The number of nitrogens with one attached hydrogen (secondary N) is 1. The average Bonchev–Trinajstić information content (AvgIpc) is 2.38. The Kier molecular flexibility index (Phi) is 3.36. The highest BCUT2D eigenvalue weighted by Gasteiger charge is 2.34. The molecule has 1 unspecified atom stereocenters. The first-order chi connectivity index (χ1) is 8.59. The van der Waals surface area contributed by atoms with Gasteiger partial charge in [0.1, 0.15) is 11.7 Å². The number of pyridine rings is 1. The lowest BCUT2D eigenvalue weighted by Gasteiger charge is -2.24. The van der Waals surface area contributed by atoms with Crippen molar-refractivity contribution in [1.29, 1.82) is 0 Å². The van der Waals surface area contributed by atoms with E-state index >= 15 is 0 Å². The van der Waals surface area contributed by atoms with E-state index in [1.54, 1.807) is 31.4 Å². The van der Waals surface area contributed by atoms with E-state index in [2.05, 4.69) is 10.3 Å². The predicted molar refractivity (Wildman–Crippen MR) is 63.5 cm³/mol. The summed E-state index contributed by atoms with van der Waals surface area (Å²) in [6.07, 6.45) is 2.02. The molecule has 1 saturated heterocycles. The first-order valence-electron chi connectivity index (χ1n) is 5.62. The number of piperidine rings is 1. The van der Waals surface area contributed by atoms with Crippen LogP contribution in [0.1, 0.15) is 12.8 Å². The van der Waals surface area contributed by atoms with Crippen molar-refractivity contribution >= 4 is 23.5 Å². The zero-order valence-corrected chi connectivity index (χ0v) is 9.92. The topological polar surface area (TPSA) is 79.4 Å². The molecule has 3 amide bonds. The highest BCUT2D eigenvalue weighted by atomic mass is 16.2. The summed E-state index contributed by atoms with van der Waals surface area (Å²) in [5.74, 6) is -1.54. The molecule has 2 rings (SSSR count). The van der Waals surface area contributed by atoms with E-state index in [4.69, 9.17) is 0 Å². The Hall–Kier alpha value is -2.24. The Labute approximate surface area is 104 Å². The number of rotatable bonds is 2. The van der Waals surface area contributed by atoms with Crippen molar-refractivity contribution in [3.63, 3.8) is 0 Å². The molecule has 0 aliphatic carbocycles. The second-order valence-electron chi connectivity index (χ2n) is 4.09. The maximum Gasteiger partial charge on any atom is 0.240 e. The molecule has 6 nitrogen and oxygen atoms in total. The van der Waals surface area contributed by atoms with Crippen molar-refractivity contribution in [2.24, 2.45) is 5.92 Å². The van der Waals surface area contributed by atoms with Gasteiger partial charge < -0.3 is 0 Å². The largest absolute Gasteiger partial charge is 0.299 e. The van der Waals surface area contributed by atoms with E-state index in [0.29, 0.717) is 5.82 Å². The van der Waals surface area contributed by atoms with E-state index in [1.165, 1.54) is 4.90 Å². The zero-order chi connectivity index (χ0) is 13.1. The van der Waals surface area contributed by atoms with Gasteiger partial charge in [0.2, 0.25) is 17.7 Å². The third-order valence-electron chi connectivity index (χ3n) is 2.86. The van der Waals surface area contributed by atoms with Crippen LogP contribution < -0.4 is 10.2 Å². The average molecular weight is 247 g/mol. The Bertz CT molecular complexity index is 487. The highest BCUT2D eigenvalue weighted by molar-refractivity contribution is 6.12. The zero-order valence-electron chi connectivity index (χ0n) is 9.92. The first kappa shape index (κ1) is 12.2. The number of hydrogen-bond donors (Lipinski definition) is 1. The third kappa shape index (κ3) is 2.37. The number of carbonyl (C=O) groups is 3. The highest BCUT2D eigenvalue weighted by Crippen LogP contribution is 2.18. The minimum atomic E-state index is -0.810. The van der Waals surface area contributed by atoms with Gasteiger partial charge in [0, 0.05) is 19.7 Å². The first-order valence-corrected chi connectivity index (χ1v) is 5.62. The Balaban J connectivity index is 2.12. The number of imide groups is 1. The van der Waals surface area contributed by atoms with E-state index in [-0.39, 0.29) is 24.7 Å². The SMILES string of the molecule is CN(C(=O)C1CCC(=O)NC1=O)c1ccccn1. The molecule has 1 fully saturated rings. The molecule has 1 aromatic rings. The Morgan fingerprint density at radius 3 is 2.83 bits per heavy atom. The molecule has 1 aromatic heterocycles. The predicted octanol–water partition coefficient (Wildman–Crippen LogP) is 0.0972. The standard InChI is InChI=1S/C12H13N3O3/c1-15(9-4-2-3-7-13-9)12(18)8-5-6-10(16)14-11(8)17/h2-4,7-8H,5-6H2,1H3,(H,14,16,17). The lowest BCUT2D eigenvalue weighted by atomic mass is 9.97. The summed E-state index contributed by atoms with van der Waals surface area (Å²) >= 11 is 0. The molecule has 0 spiro atoms. The summed E-state index contributed by atoms with van der Waals surface area (Å²) < 4.78 is 0. The second kappa shape index (κ2) is 4.95. The van der Waals surface area contributed by atoms with Crippen LogP contribution in [0.2, 0.25) is 0 Å². The van der Waals surface area contributed by atoms with Gasteiger partial charge in [0.05, 0.1) is 0 Å². The van der Waals surface area contributed by atoms with Crippen molar-refractivity contribution < 1.29 is 14.4 Å². The van der Waals surface area contributed by atoms with Crippen LogP contribution in [0.5, 0.6) is 0 Å². The lowest BCUT2D eigenvalue weighted by Crippen LogP contribution is -2.48. The molecule has 1 aliphatic heterocycles. The van der Waals surface area contributed by atoms with Crippen LogP contribution in [-0.2, 0) is 14.4 Å². The quantitative estimate of drug-likeness (QED) is 0.593. The van der Waals surface area contributed by atoms with Crippen LogP contribution in [0.4, 0.5) is 5.82 Å². The Morgan fingerprint density at radius 1 is 1.44 bits per heavy atom. The molecule has 0 saturated carbocycles. The summed E-state index contributed by atoms with van der Waals surface area (Å²) in [5, 5.41) is 2.17. The van der Waals surface area contributed by atoms with E-state index < -0.39 is 11.8 Å². The maximum atomic E-state index is 12.1. The number of carbonyl (C=O) groups excluding carboxylic acids is 3. The summed E-state index contributed by atoms with van der Waals surface area (Å²) in [7, 11) is 1.56. The number of anilines is 1. The van der Waals surface area contributed by atoms with Crippen LogP contribution in [0.3, 0.4) is 0 Å². The minimum Gasteiger partial charge on any atom is -0.299 e. The van der Waals surface area contributed by atoms with Gasteiger partial charge in [-0.2, -0.15) is 0 Å². The van der Waals surface area contributed by atoms with Crippen LogP contribution in [-0.4, -0.2) is 29.8 Å². The molecular formula is C12H13N3O3. The van der Waals surface area contributed by atoms with Crippen molar-refractivity contribution in [2.75, 3.05) is 11.9 Å². The summed E-state index contributed by atoms with van der Waals surface area (Å²) in [4.78, 5) is 40.1. The number of aromatic nitrogens is 1. The van der Waals surface area contributed by atoms with Crippen molar-refractivity contribution in [3.05, 3.63) is 24.4 Å². The van der Waals surface area contributed by atoms with Crippen LogP contribution in [0.15, 0.2) is 24.4 Å². The molecule has 2 heterocycles. The van der Waals surface area contributed by atoms with Crippen LogP contribution in [0.25, 0.3) is 0 Å². The van der Waals surface area contributed by atoms with Crippen molar-refractivity contribution in [1.82, 2.24) is 10.3 Å². The molecule has 1 aliphatic rings. The third-order valence-corrected chi connectivity index (χ3v) is 2.86. The second-order valence-corrected chi connectivity index (χ2v) is 4.09. The van der Waals surface area contributed by atoms with Gasteiger partial charge in [-0.3, -0.25) is 24.6 Å². The van der Waals surface area contributed by atoms with Gasteiger partial charge >= 0.3 is 0 Å². The number of nitrogens with zero attached hydrogens (tertiary/aromatic N) is 2. The Morgan fingerprint density at radius 2 is 2.22 bits per heavy atom. The van der Waals surface area contributed by atoms with E-state index in [0.717, 1.165) is 0 Å². The van der Waals surface area contributed by atoms with Gasteiger partial charge in [-0.05, 0) is 18.6 Å². The molecule has 1 N–H and O–H groups in total.